The molecule has 0 aliphatic carbocycles. The Balaban J connectivity index is 2.98. The van der Waals surface area contributed by atoms with Crippen LogP contribution in [0.25, 0.3) is 0 Å². The molecule has 8 heteroatoms. The van der Waals surface area contributed by atoms with Crippen molar-refractivity contribution in [3.63, 3.8) is 0 Å². The summed E-state index contributed by atoms with van der Waals surface area (Å²) in [6.45, 7) is 4.33. The van der Waals surface area contributed by atoms with Crippen LogP contribution in [0.15, 0.2) is 24.3 Å². The Labute approximate surface area is 124 Å². The fourth-order valence-corrected chi connectivity index (χ4v) is 3.29. The van der Waals surface area contributed by atoms with Crippen molar-refractivity contribution in [2.24, 2.45) is 11.1 Å². The van der Waals surface area contributed by atoms with Gasteiger partial charge in [-0.2, -0.15) is 0 Å². The Morgan fingerprint density at radius 3 is 2.43 bits per heavy atom. The van der Waals surface area contributed by atoms with E-state index in [9.17, 15) is 18.5 Å². The average molecular weight is 315 g/mol. The first kappa shape index (κ1) is 17.5. The van der Waals surface area contributed by atoms with Gasteiger partial charge in [-0.1, -0.05) is 32.0 Å². The van der Waals surface area contributed by atoms with Crippen molar-refractivity contribution in [2.45, 2.75) is 19.6 Å². The summed E-state index contributed by atoms with van der Waals surface area (Å²) in [6, 6.07) is 5.85. The third kappa shape index (κ3) is 4.76. The summed E-state index contributed by atoms with van der Waals surface area (Å²) in [4.78, 5) is 10.4. The standard InChI is InChI=1S/C13H21N3O4S/c1-13(2,9-14)10-15(3)21(19,20)8-11-6-4-5-7-12(11)16(17)18/h4-7H,8-10,14H2,1-3H3. The second-order valence-electron chi connectivity index (χ2n) is 5.77. The van der Waals surface area contributed by atoms with E-state index >= 15 is 0 Å². The maximum Gasteiger partial charge on any atom is 0.273 e. The molecule has 0 radical (unpaired) electrons. The van der Waals surface area contributed by atoms with Crippen LogP contribution in [0.1, 0.15) is 19.4 Å². The van der Waals surface area contributed by atoms with E-state index in [1.54, 1.807) is 6.07 Å². The summed E-state index contributed by atoms with van der Waals surface area (Å²) in [5.41, 5.74) is 5.24. The van der Waals surface area contributed by atoms with E-state index in [4.69, 9.17) is 5.73 Å². The predicted octanol–water partition coefficient (Wildman–Crippen LogP) is 1.34. The topological polar surface area (TPSA) is 107 Å². The van der Waals surface area contributed by atoms with Crippen LogP contribution in [0.4, 0.5) is 5.69 Å². The highest BCUT2D eigenvalue weighted by molar-refractivity contribution is 7.88. The van der Waals surface area contributed by atoms with Gasteiger partial charge in [0.15, 0.2) is 0 Å². The number of nitrogens with zero attached hydrogens (tertiary/aromatic N) is 2. The quantitative estimate of drug-likeness (QED) is 0.603. The molecular formula is C13H21N3O4S. The molecule has 118 valence electrons. The molecule has 2 N–H and O–H groups in total. The van der Waals surface area contributed by atoms with Crippen LogP contribution in [0.3, 0.4) is 0 Å². The Morgan fingerprint density at radius 1 is 1.33 bits per heavy atom. The van der Waals surface area contributed by atoms with Gasteiger partial charge in [0.1, 0.15) is 0 Å². The monoisotopic (exact) mass is 315 g/mol. The van der Waals surface area contributed by atoms with Crippen LogP contribution >= 0.6 is 0 Å². The van der Waals surface area contributed by atoms with Gasteiger partial charge in [-0.25, -0.2) is 12.7 Å². The van der Waals surface area contributed by atoms with Crippen LogP contribution in [0.5, 0.6) is 0 Å². The largest absolute Gasteiger partial charge is 0.330 e. The summed E-state index contributed by atoms with van der Waals surface area (Å²) in [7, 11) is -2.18. The summed E-state index contributed by atoms with van der Waals surface area (Å²) in [6.07, 6.45) is 0. The number of hydrogen-bond donors (Lipinski definition) is 1. The molecule has 7 nitrogen and oxygen atoms in total. The van der Waals surface area contributed by atoms with E-state index in [1.165, 1.54) is 29.6 Å². The van der Waals surface area contributed by atoms with Crippen LogP contribution in [-0.2, 0) is 15.8 Å². The normalized spacial score (nSPS) is 12.6. The Morgan fingerprint density at radius 2 is 1.90 bits per heavy atom. The molecule has 0 amide bonds. The molecule has 0 aromatic heterocycles. The Kier molecular flexibility index (Phi) is 5.43. The van der Waals surface area contributed by atoms with Gasteiger partial charge < -0.3 is 5.73 Å². The first-order valence-electron chi connectivity index (χ1n) is 6.45. The van der Waals surface area contributed by atoms with Crippen molar-refractivity contribution in [1.29, 1.82) is 0 Å². The van der Waals surface area contributed by atoms with E-state index in [-0.39, 0.29) is 23.2 Å². The maximum atomic E-state index is 12.3. The highest BCUT2D eigenvalue weighted by atomic mass is 32.2. The molecule has 1 rings (SSSR count). The summed E-state index contributed by atoms with van der Waals surface area (Å²) < 4.78 is 25.9. The van der Waals surface area contributed by atoms with Gasteiger partial charge in [-0.15, -0.1) is 0 Å². The van der Waals surface area contributed by atoms with Gasteiger partial charge in [0, 0.05) is 25.2 Å². The Hall–Kier alpha value is -1.51. The molecule has 0 bridgehead atoms. The fraction of sp³-hybridized carbons (Fsp3) is 0.538. The molecule has 1 aromatic rings. The lowest BCUT2D eigenvalue weighted by atomic mass is 9.94. The van der Waals surface area contributed by atoms with Gasteiger partial charge in [0.2, 0.25) is 10.0 Å². The molecule has 0 fully saturated rings. The van der Waals surface area contributed by atoms with E-state index in [2.05, 4.69) is 0 Å². The van der Waals surface area contributed by atoms with Gasteiger partial charge in [0.05, 0.1) is 10.7 Å². The lowest BCUT2D eigenvalue weighted by Gasteiger charge is -2.28. The van der Waals surface area contributed by atoms with Crippen LogP contribution in [0.2, 0.25) is 0 Å². The lowest BCUT2D eigenvalue weighted by molar-refractivity contribution is -0.385. The van der Waals surface area contributed by atoms with Gasteiger partial charge in [0.25, 0.3) is 5.69 Å². The highest BCUT2D eigenvalue weighted by Gasteiger charge is 2.28. The minimum absolute atomic E-state index is 0.180. The van der Waals surface area contributed by atoms with Crippen LogP contribution in [-0.4, -0.2) is 37.8 Å². The number of sulfonamides is 1. The maximum absolute atomic E-state index is 12.3. The van der Waals surface area contributed by atoms with Crippen molar-refractivity contribution in [3.8, 4) is 0 Å². The van der Waals surface area contributed by atoms with E-state index in [0.717, 1.165) is 0 Å². The van der Waals surface area contributed by atoms with Gasteiger partial charge in [-0.05, 0) is 12.0 Å². The number of rotatable bonds is 7. The number of nitro benzene ring substituents is 1. The van der Waals surface area contributed by atoms with Crippen molar-refractivity contribution >= 4 is 15.7 Å². The van der Waals surface area contributed by atoms with Crippen molar-refractivity contribution in [2.75, 3.05) is 20.1 Å². The second-order valence-corrected chi connectivity index (χ2v) is 7.84. The van der Waals surface area contributed by atoms with Crippen LogP contribution < -0.4 is 5.73 Å². The SMILES string of the molecule is CN(CC(C)(C)CN)S(=O)(=O)Cc1ccccc1[N+](=O)[O-]. The third-order valence-electron chi connectivity index (χ3n) is 3.20. The van der Waals surface area contributed by atoms with E-state index in [1.807, 2.05) is 13.8 Å². The zero-order chi connectivity index (χ0) is 16.3. The summed E-state index contributed by atoms with van der Waals surface area (Å²) in [5, 5.41) is 10.9. The Bertz CT molecular complexity index is 614. The highest BCUT2D eigenvalue weighted by Crippen LogP contribution is 2.23. The number of hydrogen-bond acceptors (Lipinski definition) is 5. The summed E-state index contributed by atoms with van der Waals surface area (Å²) >= 11 is 0. The number of nitro groups is 1. The fourth-order valence-electron chi connectivity index (χ4n) is 1.88. The smallest absolute Gasteiger partial charge is 0.273 e. The molecule has 0 heterocycles. The number of para-hydroxylation sites is 1. The molecule has 0 unspecified atom stereocenters. The molecule has 0 saturated carbocycles. The molecule has 0 saturated heterocycles. The van der Waals surface area contributed by atoms with E-state index in [0.29, 0.717) is 6.54 Å². The number of nitrogens with two attached hydrogens (primary N) is 1. The molecular weight excluding hydrogens is 294 g/mol. The van der Waals surface area contributed by atoms with Crippen molar-refractivity contribution in [1.82, 2.24) is 4.31 Å². The number of benzene rings is 1. The van der Waals surface area contributed by atoms with Gasteiger partial charge in [-0.3, -0.25) is 10.1 Å². The second kappa shape index (κ2) is 6.50. The molecule has 0 aliphatic rings. The molecule has 0 spiro atoms. The zero-order valence-corrected chi connectivity index (χ0v) is 13.3. The van der Waals surface area contributed by atoms with Crippen molar-refractivity contribution < 1.29 is 13.3 Å². The summed E-state index contributed by atoms with van der Waals surface area (Å²) in [5.74, 6) is -0.401. The molecule has 1 aromatic carbocycles. The third-order valence-corrected chi connectivity index (χ3v) is 4.96. The lowest BCUT2D eigenvalue weighted by Crippen LogP contribution is -2.40. The van der Waals surface area contributed by atoms with E-state index < -0.39 is 20.7 Å². The van der Waals surface area contributed by atoms with Gasteiger partial charge >= 0.3 is 0 Å². The molecule has 0 atom stereocenters. The minimum atomic E-state index is -3.64. The van der Waals surface area contributed by atoms with Crippen LogP contribution in [0, 0.1) is 15.5 Å². The minimum Gasteiger partial charge on any atom is -0.330 e. The zero-order valence-electron chi connectivity index (χ0n) is 12.4. The predicted molar refractivity (Wildman–Crippen MR) is 81.2 cm³/mol. The van der Waals surface area contributed by atoms with Crippen molar-refractivity contribution in [3.05, 3.63) is 39.9 Å². The first-order valence-corrected chi connectivity index (χ1v) is 8.06. The molecule has 21 heavy (non-hydrogen) atoms. The molecule has 0 aliphatic heterocycles. The first-order chi connectivity index (χ1) is 9.59. The average Bonchev–Trinajstić information content (AvgIpc) is 2.38.